The van der Waals surface area contributed by atoms with E-state index in [-0.39, 0.29) is 11.9 Å². The molecule has 0 spiro atoms. The lowest BCUT2D eigenvalue weighted by Gasteiger charge is -2.16. The molecular weight excluding hydrogens is 472 g/mol. The van der Waals surface area contributed by atoms with E-state index in [2.05, 4.69) is 13.8 Å². The van der Waals surface area contributed by atoms with E-state index in [1.807, 2.05) is 0 Å². The summed E-state index contributed by atoms with van der Waals surface area (Å²) in [5.74, 6) is -0.626. The number of unbranched alkanes of at least 4 members (excludes halogenated alkanes) is 23. The van der Waals surface area contributed by atoms with Crippen LogP contribution in [0.1, 0.15) is 194 Å². The predicted octanol–water partition coefficient (Wildman–Crippen LogP) is 11.0. The van der Waals surface area contributed by atoms with Crippen molar-refractivity contribution in [2.75, 3.05) is 6.61 Å². The third-order valence-electron chi connectivity index (χ3n) is 7.63. The highest BCUT2D eigenvalue weighted by molar-refractivity contribution is 5.79. The fourth-order valence-electron chi connectivity index (χ4n) is 5.14. The van der Waals surface area contributed by atoms with E-state index in [0.717, 1.165) is 25.7 Å². The third-order valence-corrected chi connectivity index (χ3v) is 7.63. The second-order valence-corrected chi connectivity index (χ2v) is 11.4. The van der Waals surface area contributed by atoms with Crippen LogP contribution in [-0.4, -0.2) is 24.6 Å². The molecule has 0 radical (unpaired) electrons. The quantitative estimate of drug-likeness (QED) is 0.0674. The molecule has 0 aromatic heterocycles. The highest BCUT2D eigenvalue weighted by atomic mass is 16.6. The van der Waals surface area contributed by atoms with Crippen molar-refractivity contribution in [3.63, 3.8) is 0 Å². The van der Waals surface area contributed by atoms with E-state index >= 15 is 0 Å². The number of hydrogen-bond acceptors (Lipinski definition) is 4. The van der Waals surface area contributed by atoms with Crippen LogP contribution < -0.4 is 0 Å². The molecule has 0 saturated heterocycles. The Kier molecular flexibility index (Phi) is 29.6. The number of ether oxygens (including phenoxy) is 2. The minimum atomic E-state index is -0.729. The summed E-state index contributed by atoms with van der Waals surface area (Å²) in [5, 5.41) is 0. The molecule has 0 aliphatic heterocycles. The Balaban J connectivity index is 3.78. The molecule has 4 heteroatoms. The smallest absolute Gasteiger partial charge is 0.347 e. The topological polar surface area (TPSA) is 52.6 Å². The Hall–Kier alpha value is -1.06. The van der Waals surface area contributed by atoms with Crippen LogP contribution in [0.25, 0.3) is 0 Å². The van der Waals surface area contributed by atoms with Crippen molar-refractivity contribution in [3.8, 4) is 0 Å². The maximum atomic E-state index is 12.4. The number of rotatable bonds is 30. The molecule has 0 aliphatic carbocycles. The van der Waals surface area contributed by atoms with Crippen molar-refractivity contribution in [2.45, 2.75) is 200 Å². The van der Waals surface area contributed by atoms with Crippen molar-refractivity contribution in [1.82, 2.24) is 0 Å². The average Bonchev–Trinajstić information content (AvgIpc) is 2.91. The summed E-state index contributed by atoms with van der Waals surface area (Å²) in [5.41, 5.74) is 0. The number of carbonyl (C=O) groups is 2. The minimum absolute atomic E-state index is 0.245. The molecule has 226 valence electrons. The van der Waals surface area contributed by atoms with E-state index in [9.17, 15) is 9.59 Å². The summed E-state index contributed by atoms with van der Waals surface area (Å²) in [4.78, 5) is 24.7. The van der Waals surface area contributed by atoms with Gasteiger partial charge in [0.2, 0.25) is 0 Å². The minimum Gasteiger partial charge on any atom is -0.463 e. The molecule has 38 heavy (non-hydrogen) atoms. The molecule has 1 unspecified atom stereocenters. The summed E-state index contributed by atoms with van der Waals surface area (Å²) in [7, 11) is 0. The van der Waals surface area contributed by atoms with Gasteiger partial charge < -0.3 is 9.47 Å². The Labute approximate surface area is 237 Å². The van der Waals surface area contributed by atoms with Crippen molar-refractivity contribution >= 4 is 11.9 Å². The third kappa shape index (κ3) is 26.5. The molecule has 1 atom stereocenters. The van der Waals surface area contributed by atoms with Crippen molar-refractivity contribution in [2.24, 2.45) is 0 Å². The summed E-state index contributed by atoms with van der Waals surface area (Å²) in [6.45, 7) is 6.66. The zero-order valence-corrected chi connectivity index (χ0v) is 26.0. The van der Waals surface area contributed by atoms with Crippen LogP contribution in [0.5, 0.6) is 0 Å². The first-order chi connectivity index (χ1) is 18.7. The Morgan fingerprint density at radius 3 is 1.18 bits per heavy atom. The highest BCUT2D eigenvalue weighted by Crippen LogP contribution is 2.16. The second-order valence-electron chi connectivity index (χ2n) is 11.4. The van der Waals surface area contributed by atoms with Gasteiger partial charge in [0.1, 0.15) is 0 Å². The second kappa shape index (κ2) is 30.5. The highest BCUT2D eigenvalue weighted by Gasteiger charge is 2.23. The van der Waals surface area contributed by atoms with Gasteiger partial charge >= 0.3 is 11.9 Å². The van der Waals surface area contributed by atoms with Gasteiger partial charge in [0.05, 0.1) is 6.61 Å². The van der Waals surface area contributed by atoms with E-state index in [1.165, 1.54) is 135 Å². The van der Waals surface area contributed by atoms with E-state index in [0.29, 0.717) is 19.4 Å². The fourth-order valence-corrected chi connectivity index (χ4v) is 5.14. The summed E-state index contributed by atoms with van der Waals surface area (Å²) < 4.78 is 10.7. The van der Waals surface area contributed by atoms with Crippen LogP contribution in [0.2, 0.25) is 0 Å². The predicted molar refractivity (Wildman–Crippen MR) is 163 cm³/mol. The van der Waals surface area contributed by atoms with Crippen molar-refractivity contribution in [1.29, 1.82) is 0 Å². The number of carbonyl (C=O) groups excluding carboxylic acids is 2. The lowest BCUT2D eigenvalue weighted by Crippen LogP contribution is -2.29. The van der Waals surface area contributed by atoms with Crippen molar-refractivity contribution < 1.29 is 19.1 Å². The molecule has 0 aromatic carbocycles. The van der Waals surface area contributed by atoms with Gasteiger partial charge in [0.25, 0.3) is 0 Å². The van der Waals surface area contributed by atoms with Crippen LogP contribution >= 0.6 is 0 Å². The molecule has 0 fully saturated rings. The molecular formula is C34H66O4. The van der Waals surface area contributed by atoms with Gasteiger partial charge in [-0.2, -0.15) is 0 Å². The summed E-state index contributed by atoms with van der Waals surface area (Å²) in [6.07, 6.45) is 32.3. The molecule has 0 bridgehead atoms. The fraction of sp³-hybridized carbons (Fsp3) is 0.941. The van der Waals surface area contributed by atoms with Gasteiger partial charge in [-0.05, 0) is 26.2 Å². The lowest BCUT2D eigenvalue weighted by atomic mass is 10.0. The van der Waals surface area contributed by atoms with Crippen LogP contribution in [0.4, 0.5) is 0 Å². The lowest BCUT2D eigenvalue weighted by molar-refractivity contribution is -0.168. The van der Waals surface area contributed by atoms with Gasteiger partial charge in [-0.25, -0.2) is 4.79 Å². The largest absolute Gasteiger partial charge is 0.463 e. The maximum Gasteiger partial charge on any atom is 0.347 e. The van der Waals surface area contributed by atoms with E-state index in [4.69, 9.17) is 9.47 Å². The van der Waals surface area contributed by atoms with Gasteiger partial charge in [-0.1, -0.05) is 162 Å². The first-order valence-corrected chi connectivity index (χ1v) is 17.0. The molecule has 0 aliphatic rings. The van der Waals surface area contributed by atoms with Gasteiger partial charge in [-0.15, -0.1) is 0 Å². The zero-order valence-electron chi connectivity index (χ0n) is 26.0. The zero-order chi connectivity index (χ0) is 27.9. The Morgan fingerprint density at radius 1 is 0.474 bits per heavy atom. The van der Waals surface area contributed by atoms with Crippen LogP contribution in [0, 0.1) is 0 Å². The first kappa shape index (κ1) is 36.9. The van der Waals surface area contributed by atoms with Crippen LogP contribution in [-0.2, 0) is 19.1 Å². The summed E-state index contributed by atoms with van der Waals surface area (Å²) >= 11 is 0. The average molecular weight is 539 g/mol. The first-order valence-electron chi connectivity index (χ1n) is 17.0. The normalized spacial score (nSPS) is 12.0. The van der Waals surface area contributed by atoms with Crippen LogP contribution in [0.3, 0.4) is 0 Å². The van der Waals surface area contributed by atoms with E-state index in [1.54, 1.807) is 6.92 Å². The molecule has 0 amide bonds. The SMILES string of the molecule is CCCCCCCCCCCCCCCC(=O)OC(CCCCCCCCCCCCCC)C(=O)OCC. The Bertz CT molecular complexity index is 505. The van der Waals surface area contributed by atoms with Gasteiger partial charge in [-0.3, -0.25) is 4.79 Å². The Morgan fingerprint density at radius 2 is 0.816 bits per heavy atom. The molecule has 0 saturated carbocycles. The number of hydrogen-bond donors (Lipinski definition) is 0. The molecule has 0 rings (SSSR count). The molecule has 4 nitrogen and oxygen atoms in total. The maximum absolute atomic E-state index is 12.4. The number of esters is 2. The molecule has 0 heterocycles. The van der Waals surface area contributed by atoms with Gasteiger partial charge in [0.15, 0.2) is 6.10 Å². The van der Waals surface area contributed by atoms with Crippen molar-refractivity contribution in [3.05, 3.63) is 0 Å². The van der Waals surface area contributed by atoms with Gasteiger partial charge in [0, 0.05) is 6.42 Å². The summed E-state index contributed by atoms with van der Waals surface area (Å²) in [6, 6.07) is 0. The van der Waals surface area contributed by atoms with E-state index < -0.39 is 6.10 Å². The molecule has 0 N–H and O–H groups in total. The molecule has 0 aromatic rings. The van der Waals surface area contributed by atoms with Crippen LogP contribution in [0.15, 0.2) is 0 Å². The monoisotopic (exact) mass is 538 g/mol. The standard InChI is InChI=1S/C34H66O4/c1-4-7-9-11-13-15-17-19-21-23-25-27-29-31-33(35)38-32(34(36)37-6-3)30-28-26-24-22-20-18-16-14-12-10-8-5-2/h32H,4-31H2,1-3H3.